The van der Waals surface area contributed by atoms with Crippen molar-refractivity contribution in [1.82, 2.24) is 0 Å². The molecule has 4 N–H and O–H groups in total. The van der Waals surface area contributed by atoms with Crippen molar-refractivity contribution in [2.75, 3.05) is 20.8 Å². The van der Waals surface area contributed by atoms with Crippen LogP contribution in [0, 0.1) is 5.82 Å². The third-order valence-electron chi connectivity index (χ3n) is 5.08. The average molecular weight is 346 g/mol. The normalized spacial score (nSPS) is 20.7. The Morgan fingerprint density at radius 1 is 1.20 bits per heavy atom. The average Bonchev–Trinajstić information content (AvgIpc) is 2.61. The number of rotatable bonds is 5. The molecule has 0 fully saturated rings. The van der Waals surface area contributed by atoms with Crippen LogP contribution in [0.5, 0.6) is 11.5 Å². The van der Waals surface area contributed by atoms with Gasteiger partial charge in [-0.3, -0.25) is 0 Å². The van der Waals surface area contributed by atoms with Crippen molar-refractivity contribution < 1.29 is 24.5 Å². The van der Waals surface area contributed by atoms with Crippen LogP contribution in [0.4, 0.5) is 4.39 Å². The van der Waals surface area contributed by atoms with Gasteiger partial charge in [0, 0.05) is 17.5 Å². The Balaban J connectivity index is 1.98. The summed E-state index contributed by atoms with van der Waals surface area (Å²) in [5.74, 6) is 1.36. The molecule has 2 aromatic rings. The molecule has 1 unspecified atom stereocenters. The summed E-state index contributed by atoms with van der Waals surface area (Å²) < 4.78 is 25.0. The van der Waals surface area contributed by atoms with Crippen LogP contribution in [0.3, 0.4) is 0 Å². The second-order valence-electron chi connectivity index (χ2n) is 6.79. The van der Waals surface area contributed by atoms with E-state index >= 15 is 0 Å². The van der Waals surface area contributed by atoms with E-state index in [1.165, 1.54) is 22.1 Å². The highest BCUT2D eigenvalue weighted by molar-refractivity contribution is 5.49. The molecule has 1 aliphatic rings. The third kappa shape index (κ3) is 3.48. The Morgan fingerprint density at radius 3 is 2.52 bits per heavy atom. The number of quaternary nitrogens is 2. The summed E-state index contributed by atoms with van der Waals surface area (Å²) in [7, 11) is 3.31. The lowest BCUT2D eigenvalue weighted by atomic mass is 9.88. The van der Waals surface area contributed by atoms with Crippen LogP contribution in [-0.4, -0.2) is 26.8 Å². The fraction of sp³-hybridized carbons (Fsp3) is 0.400. The van der Waals surface area contributed by atoms with Crippen molar-refractivity contribution in [2.24, 2.45) is 0 Å². The fourth-order valence-corrected chi connectivity index (χ4v) is 3.91. The first kappa shape index (κ1) is 17.7. The molecule has 0 spiro atoms. The smallest absolute Gasteiger partial charge is 0.166 e. The van der Waals surface area contributed by atoms with Crippen LogP contribution >= 0.6 is 0 Å². The topological polar surface area (TPSA) is 50.5 Å². The van der Waals surface area contributed by atoms with E-state index in [-0.39, 0.29) is 17.9 Å². The van der Waals surface area contributed by atoms with Gasteiger partial charge >= 0.3 is 0 Å². The van der Waals surface area contributed by atoms with Crippen molar-refractivity contribution in [1.29, 1.82) is 0 Å². The maximum Gasteiger partial charge on any atom is 0.166 e. The SMILES string of the molecule is COc1cc2c(cc1OC)[C@H]([C@H](C)[NH3+])[NH+](Cc1ccccc1F)CC2. The molecule has 0 saturated carbocycles. The molecule has 1 heterocycles. The molecule has 3 atom stereocenters. The molecule has 0 amide bonds. The molecular formula is C20H27FN2O2+2. The summed E-state index contributed by atoms with van der Waals surface area (Å²) in [6, 6.07) is 11.6. The number of fused-ring (bicyclic) bond motifs is 1. The Hall–Kier alpha value is -2.11. The van der Waals surface area contributed by atoms with E-state index in [0.29, 0.717) is 6.54 Å². The summed E-state index contributed by atoms with van der Waals surface area (Å²) in [6.45, 7) is 3.73. The molecule has 134 valence electrons. The van der Waals surface area contributed by atoms with Gasteiger partial charge in [0.15, 0.2) is 17.5 Å². The molecule has 0 aliphatic carbocycles. The van der Waals surface area contributed by atoms with E-state index in [9.17, 15) is 4.39 Å². The van der Waals surface area contributed by atoms with Crippen molar-refractivity contribution in [2.45, 2.75) is 32.0 Å². The zero-order valence-corrected chi connectivity index (χ0v) is 15.1. The van der Waals surface area contributed by atoms with E-state index < -0.39 is 0 Å². The van der Waals surface area contributed by atoms with Gasteiger partial charge in [0.1, 0.15) is 18.4 Å². The fourth-order valence-electron chi connectivity index (χ4n) is 3.91. The lowest BCUT2D eigenvalue weighted by Gasteiger charge is -2.35. The van der Waals surface area contributed by atoms with Crippen molar-refractivity contribution in [3.63, 3.8) is 0 Å². The Kier molecular flexibility index (Phi) is 5.25. The van der Waals surface area contributed by atoms with Gasteiger partial charge in [-0.15, -0.1) is 0 Å². The van der Waals surface area contributed by atoms with Crippen LogP contribution < -0.4 is 20.1 Å². The lowest BCUT2D eigenvalue weighted by Crippen LogP contribution is -3.14. The van der Waals surface area contributed by atoms with Crippen molar-refractivity contribution >= 4 is 0 Å². The quantitative estimate of drug-likeness (QED) is 0.854. The van der Waals surface area contributed by atoms with Gasteiger partial charge < -0.3 is 20.1 Å². The highest BCUT2D eigenvalue weighted by Crippen LogP contribution is 2.34. The third-order valence-corrected chi connectivity index (χ3v) is 5.08. The second-order valence-corrected chi connectivity index (χ2v) is 6.79. The maximum absolute atomic E-state index is 14.1. The molecule has 2 aromatic carbocycles. The number of halogens is 1. The van der Waals surface area contributed by atoms with E-state index in [4.69, 9.17) is 9.47 Å². The van der Waals surface area contributed by atoms with E-state index in [1.54, 1.807) is 20.3 Å². The minimum Gasteiger partial charge on any atom is -0.493 e. The molecular weight excluding hydrogens is 319 g/mol. The molecule has 1 aliphatic heterocycles. The Morgan fingerprint density at radius 2 is 1.88 bits per heavy atom. The molecule has 3 rings (SSSR count). The van der Waals surface area contributed by atoms with Gasteiger partial charge in [-0.25, -0.2) is 4.39 Å². The van der Waals surface area contributed by atoms with Gasteiger partial charge in [-0.05, 0) is 30.7 Å². The highest BCUT2D eigenvalue weighted by atomic mass is 19.1. The first-order valence-corrected chi connectivity index (χ1v) is 8.71. The van der Waals surface area contributed by atoms with Crippen LogP contribution in [0.15, 0.2) is 36.4 Å². The first-order valence-electron chi connectivity index (χ1n) is 8.71. The van der Waals surface area contributed by atoms with Crippen molar-refractivity contribution in [3.05, 3.63) is 58.9 Å². The largest absolute Gasteiger partial charge is 0.493 e. The van der Waals surface area contributed by atoms with Crippen LogP contribution in [-0.2, 0) is 13.0 Å². The standard InChI is InChI=1S/C20H25FN2O2/c1-13(22)20-16-11-19(25-3)18(24-2)10-14(16)8-9-23(20)12-15-6-4-5-7-17(15)21/h4-7,10-11,13,20H,8-9,12,22H2,1-3H3/p+2/t13-,20-/m0/s1. The molecule has 5 heteroatoms. The highest BCUT2D eigenvalue weighted by Gasteiger charge is 2.37. The van der Waals surface area contributed by atoms with E-state index in [0.717, 1.165) is 30.0 Å². The van der Waals surface area contributed by atoms with Crippen LogP contribution in [0.1, 0.15) is 29.7 Å². The van der Waals surface area contributed by atoms with Gasteiger partial charge in [0.25, 0.3) is 0 Å². The second kappa shape index (κ2) is 7.42. The number of methoxy groups -OCH3 is 2. The predicted molar refractivity (Wildman–Crippen MR) is 94.3 cm³/mol. The summed E-state index contributed by atoms with van der Waals surface area (Å²) in [6.07, 6.45) is 0.933. The molecule has 0 saturated heterocycles. The molecule has 4 nitrogen and oxygen atoms in total. The molecule has 0 aromatic heterocycles. The minimum atomic E-state index is -0.136. The number of hydrogen-bond acceptors (Lipinski definition) is 2. The summed E-state index contributed by atoms with van der Waals surface area (Å²) in [5.41, 5.74) is 7.55. The molecule has 0 radical (unpaired) electrons. The van der Waals surface area contributed by atoms with Crippen LogP contribution in [0.25, 0.3) is 0 Å². The zero-order valence-electron chi connectivity index (χ0n) is 15.1. The summed E-state index contributed by atoms with van der Waals surface area (Å²) >= 11 is 0. The predicted octanol–water partition coefficient (Wildman–Crippen LogP) is 1.16. The van der Waals surface area contributed by atoms with Crippen LogP contribution in [0.2, 0.25) is 0 Å². The van der Waals surface area contributed by atoms with Gasteiger partial charge in [-0.1, -0.05) is 18.2 Å². The first-order chi connectivity index (χ1) is 12.0. The molecule has 25 heavy (non-hydrogen) atoms. The minimum absolute atomic E-state index is 0.136. The van der Waals surface area contributed by atoms with Crippen molar-refractivity contribution in [3.8, 4) is 11.5 Å². The number of benzene rings is 2. The van der Waals surface area contributed by atoms with Gasteiger partial charge in [0.2, 0.25) is 0 Å². The van der Waals surface area contributed by atoms with E-state index in [1.807, 2.05) is 12.1 Å². The van der Waals surface area contributed by atoms with Gasteiger partial charge in [0.05, 0.1) is 20.8 Å². The Bertz CT molecular complexity index is 748. The molecule has 0 bridgehead atoms. The number of nitrogens with one attached hydrogen (secondary N) is 1. The summed E-state index contributed by atoms with van der Waals surface area (Å²) in [5, 5.41) is 0. The zero-order chi connectivity index (χ0) is 18.0. The Labute approximate surface area is 148 Å². The van der Waals surface area contributed by atoms with Gasteiger partial charge in [-0.2, -0.15) is 0 Å². The lowest BCUT2D eigenvalue weighted by molar-refractivity contribution is -0.957. The van der Waals surface area contributed by atoms with E-state index in [2.05, 4.69) is 24.8 Å². The number of ether oxygens (including phenoxy) is 2. The summed E-state index contributed by atoms with van der Waals surface area (Å²) in [4.78, 5) is 1.34. The maximum atomic E-state index is 14.1. The number of hydrogen-bond donors (Lipinski definition) is 2. The monoisotopic (exact) mass is 346 g/mol.